The number of benzene rings is 1. The third-order valence-corrected chi connectivity index (χ3v) is 2.74. The summed E-state index contributed by atoms with van der Waals surface area (Å²) in [4.78, 5) is 0. The molecule has 80 valence electrons. The van der Waals surface area contributed by atoms with E-state index >= 15 is 0 Å². The van der Waals surface area contributed by atoms with Crippen molar-refractivity contribution in [2.45, 2.75) is 32.0 Å². The first-order chi connectivity index (χ1) is 7.24. The molecule has 0 radical (unpaired) electrons. The fourth-order valence-corrected chi connectivity index (χ4v) is 1.83. The van der Waals surface area contributed by atoms with E-state index in [1.54, 1.807) is 12.1 Å². The Morgan fingerprint density at radius 3 is 2.67 bits per heavy atom. The number of hydrogen-bond donors (Lipinski definition) is 0. The van der Waals surface area contributed by atoms with Gasteiger partial charge in [-0.05, 0) is 37.0 Å². The molecule has 0 aliphatic heterocycles. The second kappa shape index (κ2) is 4.58. The van der Waals surface area contributed by atoms with Gasteiger partial charge in [0.2, 0.25) is 0 Å². The molecule has 0 aromatic heterocycles. The van der Waals surface area contributed by atoms with Crippen LogP contribution in [-0.4, -0.2) is 6.10 Å². The molecule has 1 unspecified atom stereocenters. The molecule has 1 aromatic carbocycles. The molecule has 1 atom stereocenters. The second-order valence-electron chi connectivity index (χ2n) is 4.05. The quantitative estimate of drug-likeness (QED) is 0.688. The van der Waals surface area contributed by atoms with E-state index in [2.05, 4.69) is 6.58 Å². The SMILES string of the molecule is C=C1CCC(OCc2ccc(F)cc2)C1. The van der Waals surface area contributed by atoms with Crippen LogP contribution in [-0.2, 0) is 11.3 Å². The smallest absolute Gasteiger partial charge is 0.123 e. The Kier molecular flexibility index (Phi) is 3.17. The van der Waals surface area contributed by atoms with E-state index in [4.69, 9.17) is 4.74 Å². The summed E-state index contributed by atoms with van der Waals surface area (Å²) < 4.78 is 18.3. The van der Waals surface area contributed by atoms with Gasteiger partial charge in [0, 0.05) is 0 Å². The first-order valence-corrected chi connectivity index (χ1v) is 5.27. The maximum absolute atomic E-state index is 12.6. The molecule has 1 aromatic rings. The Labute approximate surface area is 89.6 Å². The minimum Gasteiger partial charge on any atom is -0.373 e. The Morgan fingerprint density at radius 1 is 1.33 bits per heavy atom. The highest BCUT2D eigenvalue weighted by Crippen LogP contribution is 2.26. The van der Waals surface area contributed by atoms with Crippen LogP contribution in [0.1, 0.15) is 24.8 Å². The average Bonchev–Trinajstić information content (AvgIpc) is 2.64. The molecule has 1 nitrogen and oxygen atoms in total. The van der Waals surface area contributed by atoms with Crippen LogP contribution in [0.25, 0.3) is 0 Å². The lowest BCUT2D eigenvalue weighted by molar-refractivity contribution is 0.0475. The van der Waals surface area contributed by atoms with Crippen LogP contribution >= 0.6 is 0 Å². The van der Waals surface area contributed by atoms with Crippen molar-refractivity contribution in [3.8, 4) is 0 Å². The molecule has 0 N–H and O–H groups in total. The second-order valence-corrected chi connectivity index (χ2v) is 4.05. The van der Waals surface area contributed by atoms with Gasteiger partial charge in [0.15, 0.2) is 0 Å². The van der Waals surface area contributed by atoms with Gasteiger partial charge >= 0.3 is 0 Å². The zero-order valence-electron chi connectivity index (χ0n) is 8.71. The molecule has 0 bridgehead atoms. The molecule has 2 heteroatoms. The Balaban J connectivity index is 1.83. The van der Waals surface area contributed by atoms with Crippen LogP contribution in [0.3, 0.4) is 0 Å². The monoisotopic (exact) mass is 206 g/mol. The number of hydrogen-bond acceptors (Lipinski definition) is 1. The van der Waals surface area contributed by atoms with Crippen molar-refractivity contribution in [1.29, 1.82) is 0 Å². The zero-order valence-corrected chi connectivity index (χ0v) is 8.71. The Bertz CT molecular complexity index is 342. The van der Waals surface area contributed by atoms with Crippen LogP contribution in [0.15, 0.2) is 36.4 Å². The largest absolute Gasteiger partial charge is 0.373 e. The molecule has 2 rings (SSSR count). The third kappa shape index (κ3) is 2.90. The molecule has 15 heavy (non-hydrogen) atoms. The first kappa shape index (κ1) is 10.4. The van der Waals surface area contributed by atoms with Gasteiger partial charge in [-0.15, -0.1) is 0 Å². The first-order valence-electron chi connectivity index (χ1n) is 5.27. The lowest BCUT2D eigenvalue weighted by atomic mass is 10.2. The van der Waals surface area contributed by atoms with Crippen molar-refractivity contribution in [3.05, 3.63) is 47.8 Å². The van der Waals surface area contributed by atoms with Gasteiger partial charge in [0.05, 0.1) is 12.7 Å². The molecule has 1 aliphatic carbocycles. The lowest BCUT2D eigenvalue weighted by Crippen LogP contribution is -2.07. The van der Waals surface area contributed by atoms with Gasteiger partial charge in [-0.3, -0.25) is 0 Å². The van der Waals surface area contributed by atoms with E-state index in [9.17, 15) is 4.39 Å². The summed E-state index contributed by atoms with van der Waals surface area (Å²) >= 11 is 0. The third-order valence-electron chi connectivity index (χ3n) is 2.74. The number of halogens is 1. The normalized spacial score (nSPS) is 20.9. The summed E-state index contributed by atoms with van der Waals surface area (Å²) in [6.07, 6.45) is 3.43. The topological polar surface area (TPSA) is 9.23 Å². The van der Waals surface area contributed by atoms with E-state index in [1.807, 2.05) is 0 Å². The maximum Gasteiger partial charge on any atom is 0.123 e. The maximum atomic E-state index is 12.6. The van der Waals surface area contributed by atoms with Crippen molar-refractivity contribution in [2.24, 2.45) is 0 Å². The van der Waals surface area contributed by atoms with Crippen molar-refractivity contribution < 1.29 is 9.13 Å². The van der Waals surface area contributed by atoms with Gasteiger partial charge in [-0.1, -0.05) is 24.3 Å². The van der Waals surface area contributed by atoms with Crippen molar-refractivity contribution in [3.63, 3.8) is 0 Å². The van der Waals surface area contributed by atoms with Crippen LogP contribution in [0.2, 0.25) is 0 Å². The highest BCUT2D eigenvalue weighted by Gasteiger charge is 2.18. The number of ether oxygens (including phenoxy) is 1. The van der Waals surface area contributed by atoms with Crippen LogP contribution < -0.4 is 0 Å². The lowest BCUT2D eigenvalue weighted by Gasteiger charge is -2.10. The molecule has 0 spiro atoms. The summed E-state index contributed by atoms with van der Waals surface area (Å²) in [6, 6.07) is 6.46. The molecular weight excluding hydrogens is 191 g/mol. The highest BCUT2D eigenvalue weighted by atomic mass is 19.1. The Morgan fingerprint density at radius 2 is 2.07 bits per heavy atom. The van der Waals surface area contributed by atoms with Gasteiger partial charge in [0.25, 0.3) is 0 Å². The molecule has 1 aliphatic rings. The van der Waals surface area contributed by atoms with Gasteiger partial charge < -0.3 is 4.74 Å². The van der Waals surface area contributed by atoms with Crippen molar-refractivity contribution in [1.82, 2.24) is 0 Å². The van der Waals surface area contributed by atoms with Crippen molar-refractivity contribution in [2.75, 3.05) is 0 Å². The summed E-state index contributed by atoms with van der Waals surface area (Å²) in [5, 5.41) is 0. The minimum absolute atomic E-state index is 0.201. The molecule has 0 saturated heterocycles. The van der Waals surface area contributed by atoms with Gasteiger partial charge in [0.1, 0.15) is 5.82 Å². The van der Waals surface area contributed by atoms with E-state index in [-0.39, 0.29) is 5.82 Å². The summed E-state index contributed by atoms with van der Waals surface area (Å²) in [6.45, 7) is 4.51. The van der Waals surface area contributed by atoms with Crippen molar-refractivity contribution >= 4 is 0 Å². The Hall–Kier alpha value is -1.15. The highest BCUT2D eigenvalue weighted by molar-refractivity contribution is 5.15. The molecule has 0 heterocycles. The van der Waals surface area contributed by atoms with Crippen LogP contribution in [0.5, 0.6) is 0 Å². The molecular formula is C13H15FO. The molecule has 0 amide bonds. The minimum atomic E-state index is -0.201. The predicted molar refractivity (Wildman–Crippen MR) is 58.0 cm³/mol. The summed E-state index contributed by atoms with van der Waals surface area (Å²) in [5.74, 6) is -0.201. The molecule has 1 fully saturated rings. The molecule has 1 saturated carbocycles. The fraction of sp³-hybridized carbons (Fsp3) is 0.385. The summed E-state index contributed by atoms with van der Waals surface area (Å²) in [7, 11) is 0. The van der Waals surface area contributed by atoms with Gasteiger partial charge in [-0.25, -0.2) is 4.39 Å². The zero-order chi connectivity index (χ0) is 10.7. The van der Waals surface area contributed by atoms with E-state index in [0.29, 0.717) is 12.7 Å². The van der Waals surface area contributed by atoms with Gasteiger partial charge in [-0.2, -0.15) is 0 Å². The predicted octanol–water partition coefficient (Wildman–Crippen LogP) is 3.45. The average molecular weight is 206 g/mol. The van der Waals surface area contributed by atoms with Crippen LogP contribution in [0, 0.1) is 5.82 Å². The van der Waals surface area contributed by atoms with Crippen LogP contribution in [0.4, 0.5) is 4.39 Å². The standard InChI is InChI=1S/C13H15FO/c1-10-2-7-13(8-10)15-9-11-3-5-12(14)6-4-11/h3-6,13H,1-2,7-9H2. The fourth-order valence-electron chi connectivity index (χ4n) is 1.83. The number of rotatable bonds is 3. The van der Waals surface area contributed by atoms with E-state index in [0.717, 1.165) is 24.8 Å². The van der Waals surface area contributed by atoms with E-state index < -0.39 is 0 Å². The summed E-state index contributed by atoms with van der Waals surface area (Å²) in [5.41, 5.74) is 2.30. The van der Waals surface area contributed by atoms with E-state index in [1.165, 1.54) is 17.7 Å².